The Morgan fingerprint density at radius 1 is 0.274 bits per heavy atom. The lowest BCUT2D eigenvalue weighted by Gasteiger charge is -2.26. The molecule has 11 aromatic rings. The van der Waals surface area contributed by atoms with Gasteiger partial charge < -0.3 is 43.9 Å². The number of esters is 4. The largest absolute Gasteiger partial charge is 0.462 e. The van der Waals surface area contributed by atoms with E-state index < -0.39 is 11.9 Å². The highest BCUT2D eigenvalue weighted by atomic mass is 16.5. The first kappa shape index (κ1) is 84.6. The number of benzene rings is 11. The van der Waals surface area contributed by atoms with Crippen molar-refractivity contribution < 1.29 is 48.3 Å². The number of anilines is 9. The summed E-state index contributed by atoms with van der Waals surface area (Å²) in [7, 11) is 0. The van der Waals surface area contributed by atoms with Gasteiger partial charge >= 0.3 is 23.9 Å². The molecule has 11 rings (SSSR count). The van der Waals surface area contributed by atoms with Crippen molar-refractivity contribution in [2.45, 2.75) is 121 Å². The van der Waals surface area contributed by atoms with E-state index in [-0.39, 0.29) is 25.2 Å². The molecule has 0 aliphatic rings. The second-order valence-electron chi connectivity index (χ2n) is 28.7. The molecule has 11 aromatic carbocycles. The Labute approximate surface area is 668 Å². The van der Waals surface area contributed by atoms with Gasteiger partial charge in [0.15, 0.2) is 0 Å². The molecule has 0 bridgehead atoms. The molecular formula is C100H105N3O10. The van der Waals surface area contributed by atoms with Crippen molar-refractivity contribution in [1.29, 1.82) is 0 Å². The summed E-state index contributed by atoms with van der Waals surface area (Å²) < 4.78 is 21.1. The van der Waals surface area contributed by atoms with Gasteiger partial charge in [-0.25, -0.2) is 19.2 Å². The summed E-state index contributed by atoms with van der Waals surface area (Å²) in [6, 6.07) is 85.5. The van der Waals surface area contributed by atoms with Crippen molar-refractivity contribution >= 4 is 75.1 Å². The second-order valence-corrected chi connectivity index (χ2v) is 28.7. The normalized spacial score (nSPS) is 10.7. The molecule has 2 N–H and O–H groups in total. The zero-order valence-electron chi connectivity index (χ0n) is 67.0. The second kappa shape index (κ2) is 41.6. The van der Waals surface area contributed by atoms with E-state index in [0.29, 0.717) is 47.0 Å². The van der Waals surface area contributed by atoms with Crippen LogP contribution in [0.3, 0.4) is 0 Å². The third-order valence-corrected chi connectivity index (χ3v) is 19.4. The van der Waals surface area contributed by atoms with Crippen molar-refractivity contribution in [3.63, 3.8) is 0 Å². The zero-order valence-corrected chi connectivity index (χ0v) is 67.0. The lowest BCUT2D eigenvalue weighted by Crippen LogP contribution is -2.11. The van der Waals surface area contributed by atoms with Crippen LogP contribution >= 0.6 is 0 Å². The molecular weight excluding hydrogens is 1400 g/mol. The van der Waals surface area contributed by atoms with Crippen LogP contribution < -0.4 is 24.2 Å². The molecule has 0 spiro atoms. The van der Waals surface area contributed by atoms with Gasteiger partial charge in [-0.15, -0.1) is 0 Å². The Morgan fingerprint density at radius 2 is 0.487 bits per heavy atom. The van der Waals surface area contributed by atoms with E-state index in [2.05, 4.69) is 283 Å². The molecule has 0 radical (unpaired) electrons. The number of carbonyl (C=O) groups excluding carboxylic acids is 4. The van der Waals surface area contributed by atoms with E-state index in [1.165, 1.54) is 55.6 Å². The smallest absolute Gasteiger partial charge is 0.338 e. The van der Waals surface area contributed by atoms with E-state index in [9.17, 15) is 19.2 Å². The molecule has 113 heavy (non-hydrogen) atoms. The number of aryl methyl sites for hydroxylation is 10. The van der Waals surface area contributed by atoms with Crippen LogP contribution in [0.2, 0.25) is 0 Å². The van der Waals surface area contributed by atoms with E-state index in [1.54, 1.807) is 52.0 Å². The third kappa shape index (κ3) is 24.5. The number of hydrogen-bond donors (Lipinski definition) is 2. The van der Waals surface area contributed by atoms with Gasteiger partial charge in [-0.05, 0) is 332 Å². The SMILES string of the molecule is C=C(C)C(=O)OCCCc1ccc(N(c2ccc(CCCOC(=O)C(=C)C)cc2)c2ccc(C)c(C)c2)cc1.C=C(C)C(=O)Oc1ccc(-c2ccc(N(c3ccc(-c4ccc(OC(=O)C(=C)C)cc4)cc3)c3ccc(C)c(C)c3)cc2)cc1.Cc1ccc(N(c2ccc(CCCO)cc2)c2ccc(CCCO)cc2)cc1C. The molecule has 13 heteroatoms. The number of aliphatic hydroxyl groups is 2. The van der Waals surface area contributed by atoms with Gasteiger partial charge in [0.2, 0.25) is 0 Å². The number of hydrogen-bond acceptors (Lipinski definition) is 13. The molecule has 0 aliphatic heterocycles. The number of rotatable bonds is 31. The summed E-state index contributed by atoms with van der Waals surface area (Å²) in [5.41, 5.74) is 27.7. The highest BCUT2D eigenvalue weighted by Crippen LogP contribution is 2.41. The minimum atomic E-state index is -0.439. The average Bonchev–Trinajstić information content (AvgIpc) is 0.797. The van der Waals surface area contributed by atoms with Crippen LogP contribution in [-0.2, 0) is 54.3 Å². The van der Waals surface area contributed by atoms with Crippen LogP contribution in [0.5, 0.6) is 11.5 Å². The first-order valence-electron chi connectivity index (χ1n) is 38.4. The molecule has 0 atom stereocenters. The minimum Gasteiger partial charge on any atom is -0.462 e. The highest BCUT2D eigenvalue weighted by molar-refractivity contribution is 5.90. The van der Waals surface area contributed by atoms with Gasteiger partial charge in [0.25, 0.3) is 0 Å². The van der Waals surface area contributed by atoms with Crippen LogP contribution in [0.25, 0.3) is 22.3 Å². The minimum absolute atomic E-state index is 0.221. The number of aliphatic hydroxyl groups excluding tert-OH is 2. The fraction of sp³-hybridized carbons (Fsp3) is 0.220. The lowest BCUT2D eigenvalue weighted by molar-refractivity contribution is -0.139. The standard InChI is InChI=1S/C40H35NO4.C34H39NO4.C26H31NO2/c1-26(2)39(42)44-37-21-12-32(13-22-37)30-8-17-34(18-9-30)41(36-16-7-28(5)29(6)25-36)35-19-10-31(11-20-35)33-14-23-38(24-15-33)45-40(43)27(3)4;1-24(2)33(36)38-21-7-9-28-12-17-30(18-13-28)35(32-16-11-26(5)27(6)23-32)31-19-14-29(15-20-31)10-8-22-39-34(37)25(3)4;1-20-7-12-26(19-21(20)2)27(24-13-8-22(9-14-24)5-3-17-28)25-15-10-23(11-16-25)6-4-18-29/h7-25H,1,3H2,2,4-6H3;11-20,23H,1,3,7-10,21-22H2,2,4-6H3;7-16,19,28-29H,3-6,17-18H2,1-2H3. The Kier molecular flexibility index (Phi) is 31.1. The summed E-state index contributed by atoms with van der Waals surface area (Å²) in [6.07, 6.45) is 6.51. The molecule has 0 saturated carbocycles. The maximum atomic E-state index is 11.9. The molecule has 580 valence electrons. The van der Waals surface area contributed by atoms with Gasteiger partial charge in [-0.2, -0.15) is 0 Å². The monoisotopic (exact) mass is 1510 g/mol. The van der Waals surface area contributed by atoms with E-state index in [4.69, 9.17) is 29.2 Å². The molecule has 0 heterocycles. The molecule has 0 aliphatic carbocycles. The highest BCUT2D eigenvalue weighted by Gasteiger charge is 2.19. The number of nitrogens with zero attached hydrogens (tertiary/aromatic N) is 3. The van der Waals surface area contributed by atoms with Gasteiger partial charge in [-0.1, -0.05) is 142 Å². The molecule has 0 amide bonds. The van der Waals surface area contributed by atoms with Crippen LogP contribution in [0, 0.1) is 41.5 Å². The predicted octanol–water partition coefficient (Wildman–Crippen LogP) is 23.6. The van der Waals surface area contributed by atoms with Crippen LogP contribution in [-0.4, -0.2) is 60.5 Å². The summed E-state index contributed by atoms with van der Waals surface area (Å²) in [4.78, 5) is 53.6. The first-order chi connectivity index (χ1) is 54.4. The Morgan fingerprint density at radius 3 is 0.708 bits per heavy atom. The summed E-state index contributed by atoms with van der Waals surface area (Å²) in [6.45, 7) is 35.0. The average molecular weight is 1510 g/mol. The quantitative estimate of drug-likeness (QED) is 0.0183. The van der Waals surface area contributed by atoms with Gasteiger partial charge in [0, 0.05) is 86.7 Å². The summed E-state index contributed by atoms with van der Waals surface area (Å²) in [5.74, 6) is -0.597. The van der Waals surface area contributed by atoms with Crippen molar-refractivity contribution in [1.82, 2.24) is 0 Å². The van der Waals surface area contributed by atoms with E-state index in [0.717, 1.165) is 125 Å². The molecule has 0 saturated heterocycles. The van der Waals surface area contributed by atoms with Crippen LogP contribution in [0.1, 0.15) is 109 Å². The fourth-order valence-corrected chi connectivity index (χ4v) is 12.3. The zero-order chi connectivity index (χ0) is 81.1. The van der Waals surface area contributed by atoms with Crippen molar-refractivity contribution in [3.8, 4) is 33.8 Å². The van der Waals surface area contributed by atoms with Crippen molar-refractivity contribution in [2.75, 3.05) is 41.1 Å². The van der Waals surface area contributed by atoms with Crippen LogP contribution in [0.4, 0.5) is 51.2 Å². The van der Waals surface area contributed by atoms with Crippen LogP contribution in [0.15, 0.2) is 297 Å². The van der Waals surface area contributed by atoms with Crippen molar-refractivity contribution in [3.05, 3.63) is 353 Å². The first-order valence-corrected chi connectivity index (χ1v) is 38.4. The number of carbonyl (C=O) groups is 4. The predicted molar refractivity (Wildman–Crippen MR) is 463 cm³/mol. The van der Waals surface area contributed by atoms with E-state index >= 15 is 0 Å². The van der Waals surface area contributed by atoms with Gasteiger partial charge in [0.05, 0.1) is 13.2 Å². The van der Waals surface area contributed by atoms with Gasteiger partial charge in [-0.3, -0.25) is 0 Å². The third-order valence-electron chi connectivity index (χ3n) is 19.4. The maximum absolute atomic E-state index is 11.9. The number of ether oxygens (including phenoxy) is 4. The van der Waals surface area contributed by atoms with Gasteiger partial charge in [0.1, 0.15) is 11.5 Å². The molecule has 0 aromatic heterocycles. The molecule has 13 nitrogen and oxygen atoms in total. The fourth-order valence-electron chi connectivity index (χ4n) is 12.3. The summed E-state index contributed by atoms with van der Waals surface area (Å²) >= 11 is 0. The topological polar surface area (TPSA) is 155 Å². The molecule has 0 unspecified atom stereocenters. The molecule has 0 fully saturated rings. The summed E-state index contributed by atoms with van der Waals surface area (Å²) in [5, 5.41) is 18.1. The Bertz CT molecular complexity index is 4820. The Hall–Kier alpha value is -12.4. The Balaban J connectivity index is 0.000000199. The maximum Gasteiger partial charge on any atom is 0.338 e. The van der Waals surface area contributed by atoms with Crippen molar-refractivity contribution in [2.24, 2.45) is 0 Å². The van der Waals surface area contributed by atoms with E-state index in [1.807, 2.05) is 24.3 Å². The lowest BCUT2D eigenvalue weighted by atomic mass is 10.0.